The molecule has 0 radical (unpaired) electrons. The predicted octanol–water partition coefficient (Wildman–Crippen LogP) is 1.89. The van der Waals surface area contributed by atoms with Crippen molar-refractivity contribution in [1.82, 2.24) is 20.0 Å². The largest absolute Gasteiger partial charge is 0.435 e. The Hall–Kier alpha value is -1.08. The number of hydrogen-bond donors (Lipinski definition) is 1. The van der Waals surface area contributed by atoms with Gasteiger partial charge in [-0.1, -0.05) is 0 Å². The molecule has 0 saturated carbocycles. The van der Waals surface area contributed by atoms with Crippen molar-refractivity contribution in [3.63, 3.8) is 0 Å². The van der Waals surface area contributed by atoms with Crippen LogP contribution in [0.25, 0.3) is 0 Å². The van der Waals surface area contributed by atoms with Gasteiger partial charge in [0.1, 0.15) is 0 Å². The molecule has 4 nitrogen and oxygen atoms in total. The molecule has 1 aromatic heterocycles. The summed E-state index contributed by atoms with van der Waals surface area (Å²) in [5.74, 6) is 0. The second-order valence-corrected chi connectivity index (χ2v) is 5.03. The number of halogens is 3. The van der Waals surface area contributed by atoms with E-state index in [1.165, 1.54) is 0 Å². The second kappa shape index (κ2) is 5.50. The van der Waals surface area contributed by atoms with Gasteiger partial charge in [0.05, 0.1) is 11.7 Å². The number of likely N-dealkylation sites (tertiary alicyclic amines) is 1. The van der Waals surface area contributed by atoms with Crippen LogP contribution in [0.15, 0.2) is 6.07 Å². The number of piperidine rings is 1. The highest BCUT2D eigenvalue weighted by Crippen LogP contribution is 2.31. The molecule has 0 aromatic carbocycles. The average Bonchev–Trinajstić information content (AvgIpc) is 2.74. The molecule has 0 amide bonds. The van der Waals surface area contributed by atoms with E-state index >= 15 is 0 Å². The number of rotatable bonds is 3. The van der Waals surface area contributed by atoms with Crippen LogP contribution in [-0.4, -0.2) is 41.9 Å². The molecule has 19 heavy (non-hydrogen) atoms. The van der Waals surface area contributed by atoms with Crippen LogP contribution >= 0.6 is 0 Å². The third-order valence-corrected chi connectivity index (χ3v) is 3.50. The summed E-state index contributed by atoms with van der Waals surface area (Å²) < 4.78 is 39.8. The number of hydrogen-bond acceptors (Lipinski definition) is 3. The molecule has 0 atom stereocenters. The number of aromatic nitrogens is 2. The first kappa shape index (κ1) is 14.3. The molecule has 1 fully saturated rings. The fraction of sp³-hybridized carbons (Fsp3) is 0.750. The molecule has 108 valence electrons. The third-order valence-electron chi connectivity index (χ3n) is 3.50. The number of nitrogens with one attached hydrogen (secondary N) is 1. The molecular weight excluding hydrogens is 257 g/mol. The van der Waals surface area contributed by atoms with Crippen molar-refractivity contribution >= 4 is 0 Å². The standard InChI is InChI=1S/C12H19F3N4/c1-16-8-10-7-11(12(13,14)15)17-19(10)9-3-5-18(2)6-4-9/h7,9,16H,3-6,8H2,1-2H3. The van der Waals surface area contributed by atoms with Gasteiger partial charge in [0.25, 0.3) is 0 Å². The summed E-state index contributed by atoms with van der Waals surface area (Å²) in [6.45, 7) is 2.19. The Balaban J connectivity index is 2.24. The number of alkyl halides is 3. The molecule has 1 aliphatic rings. The maximum atomic E-state index is 12.7. The fourth-order valence-electron chi connectivity index (χ4n) is 2.44. The Morgan fingerprint density at radius 2 is 2.00 bits per heavy atom. The molecule has 0 bridgehead atoms. The van der Waals surface area contributed by atoms with Gasteiger partial charge in [-0.15, -0.1) is 0 Å². The lowest BCUT2D eigenvalue weighted by atomic mass is 10.1. The molecule has 0 spiro atoms. The van der Waals surface area contributed by atoms with E-state index < -0.39 is 11.9 Å². The third kappa shape index (κ3) is 3.27. The second-order valence-electron chi connectivity index (χ2n) is 5.03. The van der Waals surface area contributed by atoms with Gasteiger partial charge < -0.3 is 10.2 Å². The van der Waals surface area contributed by atoms with Gasteiger partial charge in [-0.2, -0.15) is 18.3 Å². The van der Waals surface area contributed by atoms with E-state index in [-0.39, 0.29) is 6.04 Å². The Morgan fingerprint density at radius 1 is 1.37 bits per heavy atom. The van der Waals surface area contributed by atoms with Crippen molar-refractivity contribution in [1.29, 1.82) is 0 Å². The minimum absolute atomic E-state index is 0.0654. The highest BCUT2D eigenvalue weighted by molar-refractivity contribution is 5.14. The topological polar surface area (TPSA) is 33.1 Å². The van der Waals surface area contributed by atoms with E-state index in [9.17, 15) is 13.2 Å². The van der Waals surface area contributed by atoms with E-state index in [0.717, 1.165) is 32.0 Å². The first-order chi connectivity index (χ1) is 8.91. The van der Waals surface area contributed by atoms with Crippen molar-refractivity contribution < 1.29 is 13.2 Å². The van der Waals surface area contributed by atoms with E-state index in [0.29, 0.717) is 12.2 Å². The lowest BCUT2D eigenvalue weighted by Gasteiger charge is -2.30. The minimum atomic E-state index is -4.38. The lowest BCUT2D eigenvalue weighted by molar-refractivity contribution is -0.141. The Morgan fingerprint density at radius 3 is 2.53 bits per heavy atom. The van der Waals surface area contributed by atoms with Gasteiger partial charge in [-0.3, -0.25) is 4.68 Å². The number of nitrogens with zero attached hydrogens (tertiary/aromatic N) is 3. The van der Waals surface area contributed by atoms with Gasteiger partial charge >= 0.3 is 6.18 Å². The Labute approximate surface area is 110 Å². The van der Waals surface area contributed by atoms with E-state index in [1.807, 2.05) is 7.05 Å². The Kier molecular flexibility index (Phi) is 4.15. The normalized spacial score (nSPS) is 19.0. The van der Waals surface area contributed by atoms with Gasteiger partial charge in [0.15, 0.2) is 5.69 Å². The molecule has 0 aliphatic carbocycles. The smallest absolute Gasteiger partial charge is 0.314 e. The first-order valence-corrected chi connectivity index (χ1v) is 6.40. The molecule has 1 saturated heterocycles. The van der Waals surface area contributed by atoms with Crippen LogP contribution in [0.5, 0.6) is 0 Å². The average molecular weight is 276 g/mol. The summed E-state index contributed by atoms with van der Waals surface area (Å²) in [5.41, 5.74) is -0.193. The monoisotopic (exact) mass is 276 g/mol. The molecular formula is C12H19F3N4. The van der Waals surface area contributed by atoms with Crippen LogP contribution in [0.1, 0.15) is 30.3 Å². The minimum Gasteiger partial charge on any atom is -0.314 e. The lowest BCUT2D eigenvalue weighted by Crippen LogP contribution is -2.32. The van der Waals surface area contributed by atoms with Crippen molar-refractivity contribution in [2.75, 3.05) is 27.2 Å². The Bertz CT molecular complexity index is 419. The zero-order valence-corrected chi connectivity index (χ0v) is 11.2. The van der Waals surface area contributed by atoms with Gasteiger partial charge in [0, 0.05) is 6.54 Å². The van der Waals surface area contributed by atoms with Crippen LogP contribution < -0.4 is 5.32 Å². The maximum absolute atomic E-state index is 12.7. The highest BCUT2D eigenvalue weighted by Gasteiger charge is 2.35. The zero-order chi connectivity index (χ0) is 14.0. The fourth-order valence-corrected chi connectivity index (χ4v) is 2.44. The van der Waals surface area contributed by atoms with Crippen molar-refractivity contribution in [2.24, 2.45) is 0 Å². The van der Waals surface area contributed by atoms with Crippen LogP contribution in [0.2, 0.25) is 0 Å². The molecule has 1 N–H and O–H groups in total. The van der Waals surface area contributed by atoms with Crippen LogP contribution in [0.4, 0.5) is 13.2 Å². The van der Waals surface area contributed by atoms with E-state index in [4.69, 9.17) is 0 Å². The quantitative estimate of drug-likeness (QED) is 0.915. The molecule has 0 unspecified atom stereocenters. The maximum Gasteiger partial charge on any atom is 0.435 e. The SMILES string of the molecule is CNCc1cc(C(F)(F)F)nn1C1CCN(C)CC1. The summed E-state index contributed by atoms with van der Waals surface area (Å²) in [7, 11) is 3.74. The zero-order valence-electron chi connectivity index (χ0n) is 11.2. The molecule has 7 heteroatoms. The summed E-state index contributed by atoms with van der Waals surface area (Å²) >= 11 is 0. The van der Waals surface area contributed by atoms with Crippen molar-refractivity contribution in [2.45, 2.75) is 31.6 Å². The molecule has 2 heterocycles. The summed E-state index contributed by atoms with van der Waals surface area (Å²) in [4.78, 5) is 2.18. The van der Waals surface area contributed by atoms with Crippen LogP contribution in [0, 0.1) is 0 Å². The molecule has 2 rings (SSSR count). The van der Waals surface area contributed by atoms with Gasteiger partial charge in [-0.25, -0.2) is 0 Å². The highest BCUT2D eigenvalue weighted by atomic mass is 19.4. The summed E-state index contributed by atoms with van der Waals surface area (Å²) in [5, 5.41) is 6.68. The summed E-state index contributed by atoms with van der Waals surface area (Å²) in [6.07, 6.45) is -2.70. The predicted molar refractivity (Wildman–Crippen MR) is 65.8 cm³/mol. The van der Waals surface area contributed by atoms with Gasteiger partial charge in [0.2, 0.25) is 0 Å². The molecule has 1 aliphatic heterocycles. The van der Waals surface area contributed by atoms with E-state index in [2.05, 4.69) is 15.3 Å². The van der Waals surface area contributed by atoms with Crippen molar-refractivity contribution in [3.05, 3.63) is 17.5 Å². The van der Waals surface area contributed by atoms with Crippen LogP contribution in [0.3, 0.4) is 0 Å². The van der Waals surface area contributed by atoms with Gasteiger partial charge in [-0.05, 0) is 46.1 Å². The van der Waals surface area contributed by atoms with Crippen molar-refractivity contribution in [3.8, 4) is 0 Å². The van der Waals surface area contributed by atoms with Crippen LogP contribution in [-0.2, 0) is 12.7 Å². The molecule has 1 aromatic rings. The van der Waals surface area contributed by atoms with E-state index in [1.54, 1.807) is 11.7 Å². The first-order valence-electron chi connectivity index (χ1n) is 6.40. The summed E-state index contributed by atoms with van der Waals surface area (Å²) in [6, 6.07) is 1.21.